The number of hydrogen-bond acceptors (Lipinski definition) is 3. The molecule has 0 aliphatic heterocycles. The number of anilines is 1. The molecule has 2 rings (SSSR count). The number of aryl methyl sites for hydroxylation is 1. The second-order valence-corrected chi connectivity index (χ2v) is 4.61. The summed E-state index contributed by atoms with van der Waals surface area (Å²) in [6, 6.07) is 10.2. The van der Waals surface area contributed by atoms with Gasteiger partial charge in [0.25, 0.3) is 0 Å². The number of pyridine rings is 1. The Morgan fingerprint density at radius 2 is 1.81 bits per heavy atom. The maximum atomic E-state index is 12.0. The zero-order valence-electron chi connectivity index (χ0n) is 11.4. The Hall–Kier alpha value is -2.24. The van der Waals surface area contributed by atoms with Crippen molar-refractivity contribution in [2.24, 2.45) is 0 Å². The van der Waals surface area contributed by atoms with Gasteiger partial charge < -0.3 is 10.1 Å². The van der Waals surface area contributed by atoms with Crippen LogP contribution in [-0.4, -0.2) is 17.8 Å². The molecule has 2 aromatic rings. The van der Waals surface area contributed by atoms with Gasteiger partial charge in [0, 0.05) is 11.9 Å². The first-order chi connectivity index (χ1) is 9.92. The van der Waals surface area contributed by atoms with E-state index in [1.807, 2.05) is 19.1 Å². The van der Waals surface area contributed by atoms with Gasteiger partial charge in [-0.3, -0.25) is 4.98 Å². The van der Waals surface area contributed by atoms with Crippen molar-refractivity contribution in [1.82, 2.24) is 4.98 Å². The quantitative estimate of drug-likeness (QED) is 0.907. The third-order valence-electron chi connectivity index (χ3n) is 2.70. The van der Waals surface area contributed by atoms with Gasteiger partial charge in [-0.1, -0.05) is 6.07 Å². The topological polar surface area (TPSA) is 34.1 Å². The van der Waals surface area contributed by atoms with E-state index in [1.165, 1.54) is 12.1 Å². The Kier molecular flexibility index (Phi) is 4.67. The minimum atomic E-state index is -4.33. The zero-order chi connectivity index (χ0) is 15.3. The van der Waals surface area contributed by atoms with Gasteiger partial charge in [-0.05, 0) is 42.8 Å². The molecule has 0 fully saturated rings. The van der Waals surface area contributed by atoms with Crippen LogP contribution in [0.4, 0.5) is 18.9 Å². The number of benzene rings is 1. The number of aromatic nitrogens is 1. The molecule has 0 saturated heterocycles. The van der Waals surface area contributed by atoms with E-state index >= 15 is 0 Å². The molecule has 1 N–H and O–H groups in total. The normalized spacial score (nSPS) is 11.2. The summed E-state index contributed by atoms with van der Waals surface area (Å²) < 4.78 is 40.7. The molecule has 0 amide bonds. The van der Waals surface area contributed by atoms with Crippen molar-refractivity contribution in [2.45, 2.75) is 19.6 Å². The van der Waals surface area contributed by atoms with Gasteiger partial charge in [-0.2, -0.15) is 13.2 Å². The molecule has 0 aliphatic rings. The molecule has 1 aromatic carbocycles. The molecule has 1 aromatic heterocycles. The van der Waals surface area contributed by atoms with Crippen molar-refractivity contribution in [3.05, 3.63) is 53.9 Å². The number of ether oxygens (including phenoxy) is 1. The molecule has 6 heteroatoms. The highest BCUT2D eigenvalue weighted by Crippen LogP contribution is 2.20. The predicted molar refractivity (Wildman–Crippen MR) is 74.3 cm³/mol. The minimum absolute atomic E-state index is 0.186. The number of nitrogens with zero attached hydrogens (tertiary/aromatic N) is 1. The summed E-state index contributed by atoms with van der Waals surface area (Å²) in [5, 5.41) is 3.14. The Morgan fingerprint density at radius 1 is 1.10 bits per heavy atom. The van der Waals surface area contributed by atoms with E-state index in [0.29, 0.717) is 6.54 Å². The Bertz CT molecular complexity index is 565. The summed E-state index contributed by atoms with van der Waals surface area (Å²) in [6.45, 7) is 1.22. The zero-order valence-corrected chi connectivity index (χ0v) is 11.4. The Labute approximate surface area is 120 Å². The van der Waals surface area contributed by atoms with Crippen molar-refractivity contribution in [3.8, 4) is 5.75 Å². The number of halogens is 3. The van der Waals surface area contributed by atoms with Crippen molar-refractivity contribution >= 4 is 5.69 Å². The molecule has 21 heavy (non-hydrogen) atoms. The van der Waals surface area contributed by atoms with Crippen LogP contribution in [0.15, 0.2) is 42.6 Å². The monoisotopic (exact) mass is 296 g/mol. The van der Waals surface area contributed by atoms with Crippen LogP contribution >= 0.6 is 0 Å². The molecule has 1 heterocycles. The van der Waals surface area contributed by atoms with Gasteiger partial charge in [0.15, 0.2) is 6.61 Å². The standard InChI is InChI=1S/C15H15F3N2O/c1-11-2-3-13(19-8-11)9-20-12-4-6-14(7-5-12)21-10-15(16,17)18/h2-8,20H,9-10H2,1H3. The van der Waals surface area contributed by atoms with E-state index in [4.69, 9.17) is 0 Å². The number of nitrogens with one attached hydrogen (secondary N) is 1. The molecule has 0 saturated carbocycles. The smallest absolute Gasteiger partial charge is 0.422 e. The van der Waals surface area contributed by atoms with Gasteiger partial charge in [-0.25, -0.2) is 0 Å². The summed E-state index contributed by atoms with van der Waals surface area (Å²) in [5.41, 5.74) is 2.76. The van der Waals surface area contributed by atoms with Crippen LogP contribution in [0.1, 0.15) is 11.3 Å². The fourth-order valence-corrected chi connectivity index (χ4v) is 1.63. The maximum Gasteiger partial charge on any atom is 0.422 e. The first kappa shape index (κ1) is 15.2. The van der Waals surface area contributed by atoms with Gasteiger partial charge in [0.2, 0.25) is 0 Å². The number of rotatable bonds is 5. The van der Waals surface area contributed by atoms with E-state index in [2.05, 4.69) is 15.0 Å². The lowest BCUT2D eigenvalue weighted by Gasteiger charge is -2.10. The molecule has 0 atom stereocenters. The molecule has 0 bridgehead atoms. The average Bonchev–Trinajstić information content (AvgIpc) is 2.45. The molecule has 112 valence electrons. The minimum Gasteiger partial charge on any atom is -0.484 e. The molecule has 3 nitrogen and oxygen atoms in total. The van der Waals surface area contributed by atoms with Gasteiger partial charge in [0.1, 0.15) is 5.75 Å². The predicted octanol–water partition coefficient (Wildman–Crippen LogP) is 3.94. The van der Waals surface area contributed by atoms with Gasteiger partial charge in [0.05, 0.1) is 12.2 Å². The lowest BCUT2D eigenvalue weighted by Crippen LogP contribution is -2.19. The van der Waals surface area contributed by atoms with Gasteiger partial charge in [-0.15, -0.1) is 0 Å². The van der Waals surface area contributed by atoms with Crippen LogP contribution in [0.5, 0.6) is 5.75 Å². The lowest BCUT2D eigenvalue weighted by atomic mass is 10.2. The van der Waals surface area contributed by atoms with Crippen molar-refractivity contribution in [2.75, 3.05) is 11.9 Å². The summed E-state index contributed by atoms with van der Waals surface area (Å²) in [7, 11) is 0. The summed E-state index contributed by atoms with van der Waals surface area (Å²) >= 11 is 0. The second-order valence-electron chi connectivity index (χ2n) is 4.61. The van der Waals surface area contributed by atoms with Crippen LogP contribution in [0.3, 0.4) is 0 Å². The first-order valence-electron chi connectivity index (χ1n) is 6.37. The molecule has 0 radical (unpaired) electrons. The van der Waals surface area contributed by atoms with Crippen LogP contribution in [0, 0.1) is 6.92 Å². The highest BCUT2D eigenvalue weighted by Gasteiger charge is 2.28. The van der Waals surface area contributed by atoms with Crippen LogP contribution < -0.4 is 10.1 Å². The number of hydrogen-bond donors (Lipinski definition) is 1. The summed E-state index contributed by atoms with van der Waals surface area (Å²) in [6.07, 6.45) is -2.54. The third-order valence-corrected chi connectivity index (χ3v) is 2.70. The highest BCUT2D eigenvalue weighted by atomic mass is 19.4. The fraction of sp³-hybridized carbons (Fsp3) is 0.267. The third kappa shape index (κ3) is 5.33. The summed E-state index contributed by atoms with van der Waals surface area (Å²) in [5.74, 6) is 0.186. The first-order valence-corrected chi connectivity index (χ1v) is 6.37. The van der Waals surface area contributed by atoms with Crippen LogP contribution in [0.2, 0.25) is 0 Å². The van der Waals surface area contributed by atoms with Crippen LogP contribution in [-0.2, 0) is 6.54 Å². The van der Waals surface area contributed by atoms with Crippen molar-refractivity contribution < 1.29 is 17.9 Å². The molecular weight excluding hydrogens is 281 g/mol. The average molecular weight is 296 g/mol. The van der Waals surface area contributed by atoms with Crippen molar-refractivity contribution in [1.29, 1.82) is 0 Å². The molecule has 0 aliphatic carbocycles. The maximum absolute atomic E-state index is 12.0. The summed E-state index contributed by atoms with van der Waals surface area (Å²) in [4.78, 5) is 4.26. The number of alkyl halides is 3. The Balaban J connectivity index is 1.86. The van der Waals surface area contributed by atoms with Gasteiger partial charge >= 0.3 is 6.18 Å². The lowest BCUT2D eigenvalue weighted by molar-refractivity contribution is -0.153. The van der Waals surface area contributed by atoms with E-state index in [9.17, 15) is 13.2 Å². The van der Waals surface area contributed by atoms with Crippen molar-refractivity contribution in [3.63, 3.8) is 0 Å². The largest absolute Gasteiger partial charge is 0.484 e. The molecule has 0 unspecified atom stereocenters. The highest BCUT2D eigenvalue weighted by molar-refractivity contribution is 5.46. The fourth-order valence-electron chi connectivity index (χ4n) is 1.63. The van der Waals surface area contributed by atoms with E-state index in [1.54, 1.807) is 18.3 Å². The van der Waals surface area contributed by atoms with E-state index in [-0.39, 0.29) is 5.75 Å². The second kappa shape index (κ2) is 6.47. The molecule has 0 spiro atoms. The Morgan fingerprint density at radius 3 is 2.38 bits per heavy atom. The van der Waals surface area contributed by atoms with Crippen LogP contribution in [0.25, 0.3) is 0 Å². The van der Waals surface area contributed by atoms with E-state index < -0.39 is 12.8 Å². The van der Waals surface area contributed by atoms with E-state index in [0.717, 1.165) is 16.9 Å². The SMILES string of the molecule is Cc1ccc(CNc2ccc(OCC(F)(F)F)cc2)nc1. The molecular formula is C15H15F3N2O.